The van der Waals surface area contributed by atoms with E-state index in [4.69, 9.17) is 0 Å². The molecular formula is C17H27NO2S. The minimum Gasteiger partial charge on any atom is -0.213 e. The maximum atomic E-state index is 11.7. The molecule has 0 bridgehead atoms. The molecule has 0 radical (unpaired) electrons. The fourth-order valence-corrected chi connectivity index (χ4v) is 3.98. The molecular weight excluding hydrogens is 282 g/mol. The Balaban J connectivity index is 1.92. The van der Waals surface area contributed by atoms with E-state index in [1.165, 1.54) is 17.4 Å². The Morgan fingerprint density at radius 2 is 2.10 bits per heavy atom. The van der Waals surface area contributed by atoms with E-state index in [9.17, 15) is 8.42 Å². The van der Waals surface area contributed by atoms with Crippen molar-refractivity contribution in [3.8, 4) is 0 Å². The van der Waals surface area contributed by atoms with E-state index in [1.807, 2.05) is 0 Å². The molecule has 0 aliphatic carbocycles. The van der Waals surface area contributed by atoms with Crippen LogP contribution in [0.1, 0.15) is 50.2 Å². The minimum atomic E-state index is -3.03. The van der Waals surface area contributed by atoms with Crippen molar-refractivity contribution in [1.82, 2.24) is 4.31 Å². The smallest absolute Gasteiger partial charge is 0.211 e. The highest BCUT2D eigenvalue weighted by molar-refractivity contribution is 7.88. The van der Waals surface area contributed by atoms with Crippen LogP contribution < -0.4 is 0 Å². The van der Waals surface area contributed by atoms with Crippen molar-refractivity contribution in [2.45, 2.75) is 45.4 Å². The summed E-state index contributed by atoms with van der Waals surface area (Å²) in [6, 6.07) is 8.79. The minimum absolute atomic E-state index is 0.496. The quantitative estimate of drug-likeness (QED) is 0.836. The van der Waals surface area contributed by atoms with Gasteiger partial charge < -0.3 is 0 Å². The van der Waals surface area contributed by atoms with E-state index in [-0.39, 0.29) is 0 Å². The van der Waals surface area contributed by atoms with E-state index in [2.05, 4.69) is 38.1 Å². The summed E-state index contributed by atoms with van der Waals surface area (Å²) in [6.45, 7) is 5.81. The summed E-state index contributed by atoms with van der Waals surface area (Å²) < 4.78 is 24.9. The van der Waals surface area contributed by atoms with Crippen LogP contribution in [0, 0.1) is 5.92 Å². The van der Waals surface area contributed by atoms with Crippen LogP contribution in [0.5, 0.6) is 0 Å². The molecule has 0 aromatic heterocycles. The van der Waals surface area contributed by atoms with Gasteiger partial charge in [-0.25, -0.2) is 12.7 Å². The molecule has 1 aromatic rings. The number of sulfonamides is 1. The van der Waals surface area contributed by atoms with Crippen molar-refractivity contribution >= 4 is 10.0 Å². The molecule has 1 fully saturated rings. The molecule has 118 valence electrons. The van der Waals surface area contributed by atoms with Gasteiger partial charge in [-0.2, -0.15) is 0 Å². The molecule has 1 aliphatic heterocycles. The summed E-state index contributed by atoms with van der Waals surface area (Å²) in [6.07, 6.45) is 5.58. The number of aryl methyl sites for hydroxylation is 1. The predicted octanol–water partition coefficient (Wildman–Crippen LogP) is 3.41. The molecule has 1 aromatic carbocycles. The van der Waals surface area contributed by atoms with Gasteiger partial charge in [0.1, 0.15) is 0 Å². The summed E-state index contributed by atoms with van der Waals surface area (Å²) in [7, 11) is -3.03. The first-order valence-electron chi connectivity index (χ1n) is 7.90. The van der Waals surface area contributed by atoms with Gasteiger partial charge in [-0.3, -0.25) is 0 Å². The van der Waals surface area contributed by atoms with Crippen molar-refractivity contribution in [2.75, 3.05) is 19.3 Å². The van der Waals surface area contributed by atoms with Gasteiger partial charge in [-0.15, -0.1) is 0 Å². The summed E-state index contributed by atoms with van der Waals surface area (Å²) in [5, 5.41) is 0. The Morgan fingerprint density at radius 1 is 1.33 bits per heavy atom. The Morgan fingerprint density at radius 3 is 2.76 bits per heavy atom. The Kier molecular flexibility index (Phi) is 5.44. The fraction of sp³-hybridized carbons (Fsp3) is 0.647. The van der Waals surface area contributed by atoms with Gasteiger partial charge in [0.25, 0.3) is 0 Å². The molecule has 1 aliphatic rings. The lowest BCUT2D eigenvalue weighted by atomic mass is 9.91. The van der Waals surface area contributed by atoms with Crippen molar-refractivity contribution in [3.63, 3.8) is 0 Å². The summed E-state index contributed by atoms with van der Waals surface area (Å²) in [5.41, 5.74) is 2.76. The number of piperidine rings is 1. The SMILES string of the molecule is CC(C)c1cccc(CCC2CCCN(S(C)(=O)=O)C2)c1. The first-order chi connectivity index (χ1) is 9.86. The van der Waals surface area contributed by atoms with E-state index in [0.29, 0.717) is 24.9 Å². The van der Waals surface area contributed by atoms with Crippen LogP contribution >= 0.6 is 0 Å². The molecule has 2 rings (SSSR count). The Bertz CT molecular complexity index is 566. The zero-order valence-electron chi connectivity index (χ0n) is 13.4. The molecule has 0 amide bonds. The molecule has 3 nitrogen and oxygen atoms in total. The number of rotatable bonds is 5. The van der Waals surface area contributed by atoms with E-state index >= 15 is 0 Å². The van der Waals surface area contributed by atoms with Gasteiger partial charge in [0.2, 0.25) is 10.0 Å². The van der Waals surface area contributed by atoms with Crippen LogP contribution in [0.2, 0.25) is 0 Å². The molecule has 4 heteroatoms. The first-order valence-corrected chi connectivity index (χ1v) is 9.75. The molecule has 0 N–H and O–H groups in total. The monoisotopic (exact) mass is 309 g/mol. The standard InChI is InChI=1S/C17H27NO2S/c1-14(2)17-8-4-6-15(12-17)9-10-16-7-5-11-18(13-16)21(3,19)20/h4,6,8,12,14,16H,5,7,9-11,13H2,1-3H3. The Hall–Kier alpha value is -0.870. The molecule has 1 heterocycles. The van der Waals surface area contributed by atoms with Crippen LogP contribution in [0.4, 0.5) is 0 Å². The second kappa shape index (κ2) is 6.93. The van der Waals surface area contributed by atoms with E-state index in [0.717, 1.165) is 25.7 Å². The number of hydrogen-bond acceptors (Lipinski definition) is 2. The van der Waals surface area contributed by atoms with Gasteiger partial charge in [0, 0.05) is 13.1 Å². The van der Waals surface area contributed by atoms with Crippen LogP contribution in [-0.2, 0) is 16.4 Å². The molecule has 21 heavy (non-hydrogen) atoms. The van der Waals surface area contributed by atoms with Crippen LogP contribution in [-0.4, -0.2) is 32.1 Å². The lowest BCUT2D eigenvalue weighted by Crippen LogP contribution is -2.39. The molecule has 0 saturated carbocycles. The van der Waals surface area contributed by atoms with Crippen LogP contribution in [0.3, 0.4) is 0 Å². The third-order valence-corrected chi connectivity index (χ3v) is 5.68. The normalized spacial score (nSPS) is 20.9. The molecule has 1 unspecified atom stereocenters. The molecule has 1 atom stereocenters. The second-order valence-electron chi connectivity index (χ2n) is 6.57. The highest BCUT2D eigenvalue weighted by Crippen LogP contribution is 2.24. The van der Waals surface area contributed by atoms with E-state index in [1.54, 1.807) is 4.31 Å². The third kappa shape index (κ3) is 4.82. The molecule has 1 saturated heterocycles. The van der Waals surface area contributed by atoms with Gasteiger partial charge >= 0.3 is 0 Å². The van der Waals surface area contributed by atoms with Gasteiger partial charge in [-0.1, -0.05) is 38.1 Å². The lowest BCUT2D eigenvalue weighted by molar-refractivity contribution is 0.257. The van der Waals surface area contributed by atoms with Crippen molar-refractivity contribution in [2.24, 2.45) is 5.92 Å². The summed E-state index contributed by atoms with van der Waals surface area (Å²) >= 11 is 0. The van der Waals surface area contributed by atoms with Crippen molar-refractivity contribution in [3.05, 3.63) is 35.4 Å². The van der Waals surface area contributed by atoms with Gasteiger partial charge in [-0.05, 0) is 48.6 Å². The number of benzene rings is 1. The predicted molar refractivity (Wildman–Crippen MR) is 88.0 cm³/mol. The zero-order chi connectivity index (χ0) is 15.5. The second-order valence-corrected chi connectivity index (χ2v) is 8.55. The van der Waals surface area contributed by atoms with Crippen LogP contribution in [0.25, 0.3) is 0 Å². The lowest BCUT2D eigenvalue weighted by Gasteiger charge is -2.31. The molecule has 0 spiro atoms. The highest BCUT2D eigenvalue weighted by Gasteiger charge is 2.25. The van der Waals surface area contributed by atoms with Crippen molar-refractivity contribution in [1.29, 1.82) is 0 Å². The average Bonchev–Trinajstić information content (AvgIpc) is 2.45. The number of nitrogens with zero attached hydrogens (tertiary/aromatic N) is 1. The van der Waals surface area contributed by atoms with Gasteiger partial charge in [0.05, 0.1) is 6.26 Å². The summed E-state index contributed by atoms with van der Waals surface area (Å²) in [4.78, 5) is 0. The summed E-state index contributed by atoms with van der Waals surface area (Å²) in [5.74, 6) is 1.05. The van der Waals surface area contributed by atoms with Crippen molar-refractivity contribution < 1.29 is 8.42 Å². The van der Waals surface area contributed by atoms with E-state index < -0.39 is 10.0 Å². The topological polar surface area (TPSA) is 37.4 Å². The number of hydrogen-bond donors (Lipinski definition) is 0. The average molecular weight is 309 g/mol. The highest BCUT2D eigenvalue weighted by atomic mass is 32.2. The zero-order valence-corrected chi connectivity index (χ0v) is 14.2. The third-order valence-electron chi connectivity index (χ3n) is 4.41. The van der Waals surface area contributed by atoms with Crippen LogP contribution in [0.15, 0.2) is 24.3 Å². The first kappa shape index (κ1) is 16.5. The maximum absolute atomic E-state index is 11.7. The maximum Gasteiger partial charge on any atom is 0.211 e. The largest absolute Gasteiger partial charge is 0.213 e. The van der Waals surface area contributed by atoms with Gasteiger partial charge in [0.15, 0.2) is 0 Å². The fourth-order valence-electron chi connectivity index (χ4n) is 3.04. The Labute approximate surface area is 129 Å².